The monoisotopic (exact) mass is 507 g/mol. The average molecular weight is 508 g/mol. The molecule has 0 aliphatic rings. The fraction of sp³-hybridized carbons (Fsp3) is 0.0455. The third-order valence-corrected chi connectivity index (χ3v) is 5.26. The average Bonchev–Trinajstić information content (AvgIpc) is 2.84. The van der Waals surface area contributed by atoms with Crippen LogP contribution in [0.4, 0.5) is 0 Å². The van der Waals surface area contributed by atoms with Gasteiger partial charge in [-0.1, -0.05) is 35.3 Å². The molecule has 0 fully saturated rings. The molecule has 0 atom stereocenters. The first-order valence-corrected chi connectivity index (χ1v) is 10.4. The Balaban J connectivity index is 1.65. The molecule has 35 heavy (non-hydrogen) atoms. The molecule has 13 heteroatoms. The molecule has 4 aromatic rings. The standard InChI is InChI=1S/C22H11Cl2N7O4/c23-15-7-14(31-22(34)27-21(33)17(10-26)30-31)8-16(24)19(15)35-18-6-13(20(32)29-28-18)5-11-1-3-12(9-25)4-2-11/h1-4,6-8H,5H2,(H,29,32)(H,27,33,34). The van der Waals surface area contributed by atoms with Gasteiger partial charge in [0, 0.05) is 18.1 Å². The van der Waals surface area contributed by atoms with E-state index in [1.165, 1.54) is 18.2 Å². The minimum Gasteiger partial charge on any atom is -0.434 e. The molecule has 0 saturated carbocycles. The van der Waals surface area contributed by atoms with Crippen molar-refractivity contribution in [2.24, 2.45) is 0 Å². The van der Waals surface area contributed by atoms with Crippen LogP contribution in [0.5, 0.6) is 11.6 Å². The first kappa shape index (κ1) is 23.4. The minimum absolute atomic E-state index is 0.00380. The quantitative estimate of drug-likeness (QED) is 0.414. The highest BCUT2D eigenvalue weighted by Gasteiger charge is 2.16. The van der Waals surface area contributed by atoms with Crippen LogP contribution < -0.4 is 21.5 Å². The van der Waals surface area contributed by atoms with Crippen molar-refractivity contribution in [3.05, 3.63) is 106 Å². The molecule has 2 aromatic heterocycles. The van der Waals surface area contributed by atoms with Crippen molar-refractivity contribution in [2.45, 2.75) is 6.42 Å². The highest BCUT2D eigenvalue weighted by molar-refractivity contribution is 6.37. The van der Waals surface area contributed by atoms with Crippen LogP contribution in [0.1, 0.15) is 22.4 Å². The Hall–Kier alpha value is -4.71. The summed E-state index contributed by atoms with van der Waals surface area (Å²) in [4.78, 5) is 37.9. The lowest BCUT2D eigenvalue weighted by molar-refractivity contribution is 0.453. The molecule has 2 heterocycles. The first-order chi connectivity index (χ1) is 16.8. The molecule has 172 valence electrons. The summed E-state index contributed by atoms with van der Waals surface area (Å²) in [5, 5.41) is 27.7. The van der Waals surface area contributed by atoms with E-state index in [1.54, 1.807) is 30.3 Å². The van der Waals surface area contributed by atoms with E-state index in [9.17, 15) is 14.4 Å². The number of hydrogen-bond donors (Lipinski definition) is 2. The van der Waals surface area contributed by atoms with E-state index < -0.39 is 22.5 Å². The lowest BCUT2D eigenvalue weighted by atomic mass is 10.1. The van der Waals surface area contributed by atoms with Crippen LogP contribution in [0.15, 0.2) is 56.8 Å². The lowest BCUT2D eigenvalue weighted by Crippen LogP contribution is -2.33. The van der Waals surface area contributed by atoms with Crippen molar-refractivity contribution in [3.63, 3.8) is 0 Å². The van der Waals surface area contributed by atoms with E-state index in [1.807, 2.05) is 11.1 Å². The Morgan fingerprint density at radius 2 is 1.66 bits per heavy atom. The van der Waals surface area contributed by atoms with Gasteiger partial charge in [-0.2, -0.15) is 15.2 Å². The number of ether oxygens (including phenoxy) is 1. The van der Waals surface area contributed by atoms with Gasteiger partial charge in [0.05, 0.1) is 27.4 Å². The van der Waals surface area contributed by atoms with Crippen molar-refractivity contribution in [1.82, 2.24) is 25.0 Å². The van der Waals surface area contributed by atoms with E-state index in [0.29, 0.717) is 11.1 Å². The van der Waals surface area contributed by atoms with Gasteiger partial charge in [-0.05, 0) is 29.8 Å². The van der Waals surface area contributed by atoms with Crippen LogP contribution in [-0.4, -0.2) is 25.0 Å². The Bertz CT molecular complexity index is 1690. The smallest absolute Gasteiger partial charge is 0.349 e. The molecule has 0 saturated heterocycles. The van der Waals surface area contributed by atoms with Crippen LogP contribution in [0, 0.1) is 22.7 Å². The Morgan fingerprint density at radius 1 is 0.971 bits per heavy atom. The van der Waals surface area contributed by atoms with Gasteiger partial charge in [0.2, 0.25) is 11.6 Å². The normalized spacial score (nSPS) is 10.4. The largest absolute Gasteiger partial charge is 0.434 e. The minimum atomic E-state index is -0.924. The number of rotatable bonds is 5. The van der Waals surface area contributed by atoms with E-state index in [-0.39, 0.29) is 33.8 Å². The molecule has 4 rings (SSSR count). The first-order valence-electron chi connectivity index (χ1n) is 9.67. The molecule has 0 bridgehead atoms. The number of nitrogens with one attached hydrogen (secondary N) is 2. The number of aromatic nitrogens is 5. The van der Waals surface area contributed by atoms with Crippen LogP contribution in [-0.2, 0) is 6.42 Å². The van der Waals surface area contributed by atoms with E-state index >= 15 is 0 Å². The number of hydrogen-bond acceptors (Lipinski definition) is 8. The highest BCUT2D eigenvalue weighted by Crippen LogP contribution is 2.37. The van der Waals surface area contributed by atoms with Gasteiger partial charge in [-0.15, -0.1) is 10.2 Å². The van der Waals surface area contributed by atoms with Crippen molar-refractivity contribution < 1.29 is 4.74 Å². The lowest BCUT2D eigenvalue weighted by Gasteiger charge is -2.12. The Kier molecular flexibility index (Phi) is 6.46. The number of nitrogens with zero attached hydrogens (tertiary/aromatic N) is 5. The second-order valence-electron chi connectivity index (χ2n) is 7.02. The number of benzene rings is 2. The van der Waals surface area contributed by atoms with Crippen LogP contribution in [0.2, 0.25) is 10.0 Å². The second kappa shape index (κ2) is 9.65. The van der Waals surface area contributed by atoms with Crippen molar-refractivity contribution in [2.75, 3.05) is 0 Å². The summed E-state index contributed by atoms with van der Waals surface area (Å²) >= 11 is 12.6. The molecule has 0 aliphatic carbocycles. The molecular weight excluding hydrogens is 497 g/mol. The van der Waals surface area contributed by atoms with Gasteiger partial charge >= 0.3 is 5.69 Å². The SMILES string of the molecule is N#Cc1ccc(Cc2cc(Oc3c(Cl)cc(-n4nc(C#N)c(=O)[nH]c4=O)cc3Cl)n[nH]c2=O)cc1. The van der Waals surface area contributed by atoms with Crippen molar-refractivity contribution in [3.8, 4) is 29.5 Å². The zero-order chi connectivity index (χ0) is 25.1. The Morgan fingerprint density at radius 3 is 2.29 bits per heavy atom. The van der Waals surface area contributed by atoms with Gasteiger partial charge in [0.15, 0.2) is 5.75 Å². The molecule has 0 spiro atoms. The maximum atomic E-state index is 12.2. The van der Waals surface area contributed by atoms with Crippen molar-refractivity contribution >= 4 is 23.2 Å². The summed E-state index contributed by atoms with van der Waals surface area (Å²) in [6, 6.07) is 14.4. The maximum absolute atomic E-state index is 12.2. The van der Waals surface area contributed by atoms with Gasteiger partial charge in [0.1, 0.15) is 6.07 Å². The van der Waals surface area contributed by atoms with Gasteiger partial charge < -0.3 is 4.74 Å². The zero-order valence-electron chi connectivity index (χ0n) is 17.4. The fourth-order valence-corrected chi connectivity index (χ4v) is 3.60. The predicted octanol–water partition coefficient (Wildman–Crippen LogP) is 2.44. The molecule has 11 nitrogen and oxygen atoms in total. The topological polar surface area (TPSA) is 170 Å². The third-order valence-electron chi connectivity index (χ3n) is 4.70. The summed E-state index contributed by atoms with van der Waals surface area (Å²) in [7, 11) is 0. The Labute approximate surface area is 205 Å². The molecule has 2 aromatic carbocycles. The third kappa shape index (κ3) is 4.96. The highest BCUT2D eigenvalue weighted by atomic mass is 35.5. The summed E-state index contributed by atoms with van der Waals surface area (Å²) in [6.45, 7) is 0. The predicted molar refractivity (Wildman–Crippen MR) is 124 cm³/mol. The molecule has 2 N–H and O–H groups in total. The summed E-state index contributed by atoms with van der Waals surface area (Å²) in [5.74, 6) is -0.0187. The van der Waals surface area contributed by atoms with Crippen molar-refractivity contribution in [1.29, 1.82) is 10.5 Å². The van der Waals surface area contributed by atoms with Crippen LogP contribution in [0.25, 0.3) is 5.69 Å². The van der Waals surface area contributed by atoms with Gasteiger partial charge in [-0.25, -0.2) is 9.89 Å². The zero-order valence-corrected chi connectivity index (χ0v) is 18.9. The van der Waals surface area contributed by atoms with Crippen LogP contribution >= 0.6 is 23.2 Å². The summed E-state index contributed by atoms with van der Waals surface area (Å²) in [6.07, 6.45) is 0.252. The number of H-pyrrole nitrogens is 2. The second-order valence-corrected chi connectivity index (χ2v) is 7.83. The molecule has 0 amide bonds. The molecule has 0 aliphatic heterocycles. The van der Waals surface area contributed by atoms with E-state index in [4.69, 9.17) is 38.5 Å². The number of nitriles is 2. The summed E-state index contributed by atoms with van der Waals surface area (Å²) in [5.41, 5.74) is -1.07. The van der Waals surface area contributed by atoms with Crippen LogP contribution in [0.3, 0.4) is 0 Å². The number of aromatic amines is 2. The summed E-state index contributed by atoms with van der Waals surface area (Å²) < 4.78 is 6.45. The fourth-order valence-electron chi connectivity index (χ4n) is 3.04. The molecular formula is C22H11Cl2N7O4. The molecule has 0 unspecified atom stereocenters. The number of halogens is 2. The van der Waals surface area contributed by atoms with E-state index in [2.05, 4.69) is 15.3 Å². The molecule has 0 radical (unpaired) electrons. The van der Waals surface area contributed by atoms with Gasteiger partial charge in [0.25, 0.3) is 11.1 Å². The van der Waals surface area contributed by atoms with E-state index in [0.717, 1.165) is 10.2 Å². The maximum Gasteiger partial charge on any atom is 0.349 e. The van der Waals surface area contributed by atoms with Gasteiger partial charge in [-0.3, -0.25) is 14.6 Å².